The number of thiophene rings is 1. The minimum atomic E-state index is 0.0616. The molecule has 6 aromatic rings. The zero-order valence-electron chi connectivity index (χ0n) is 48.7. The summed E-state index contributed by atoms with van der Waals surface area (Å²) in [6, 6.07) is 29.2. The quantitative estimate of drug-likeness (QED) is 0.162. The van der Waals surface area contributed by atoms with Crippen LogP contribution in [0.1, 0.15) is 244 Å². The molecular weight excluding hydrogens is 900 g/mol. The second-order valence-electron chi connectivity index (χ2n) is 30.0. The van der Waals surface area contributed by atoms with E-state index in [1.165, 1.54) is 150 Å². The van der Waals surface area contributed by atoms with Crippen molar-refractivity contribution in [2.24, 2.45) is 0 Å². The number of aryl methyl sites for hydroxylation is 1. The highest BCUT2D eigenvalue weighted by Gasteiger charge is 2.50. The van der Waals surface area contributed by atoms with Gasteiger partial charge in [0.1, 0.15) is 0 Å². The summed E-state index contributed by atoms with van der Waals surface area (Å²) in [4.78, 5) is 5.64. The van der Waals surface area contributed by atoms with E-state index < -0.39 is 0 Å². The molecule has 0 N–H and O–H groups in total. The van der Waals surface area contributed by atoms with Gasteiger partial charge in [-0.25, -0.2) is 0 Å². The van der Waals surface area contributed by atoms with Crippen molar-refractivity contribution in [1.82, 2.24) is 0 Å². The van der Waals surface area contributed by atoms with Crippen molar-refractivity contribution >= 4 is 78.0 Å². The summed E-state index contributed by atoms with van der Waals surface area (Å²) in [6.07, 6.45) is 10.7. The third-order valence-corrected chi connectivity index (χ3v) is 22.5. The van der Waals surface area contributed by atoms with Gasteiger partial charge in [-0.1, -0.05) is 143 Å². The fraction of sp³-hybridized carbons (Fsp3) is 0.536. The van der Waals surface area contributed by atoms with Gasteiger partial charge in [0.25, 0.3) is 6.71 Å². The number of hydrogen-bond donors (Lipinski definition) is 0. The number of nitrogens with zero attached hydrogens (tertiary/aromatic N) is 2. The molecule has 1 atom stereocenters. The smallest absolute Gasteiger partial charge is 0.264 e. The highest BCUT2D eigenvalue weighted by atomic mass is 32.1. The lowest BCUT2D eigenvalue weighted by atomic mass is 9.35. The van der Waals surface area contributed by atoms with Gasteiger partial charge < -0.3 is 9.80 Å². The van der Waals surface area contributed by atoms with Gasteiger partial charge in [0.05, 0.1) is 5.69 Å². The molecule has 4 aliphatic carbocycles. The van der Waals surface area contributed by atoms with E-state index in [0.29, 0.717) is 5.92 Å². The summed E-state index contributed by atoms with van der Waals surface area (Å²) in [5, 5.41) is 1.43. The topological polar surface area (TPSA) is 6.48 Å². The highest BCUT2D eigenvalue weighted by molar-refractivity contribution is 7.33. The summed E-state index contributed by atoms with van der Waals surface area (Å²) in [5.74, 6) is 0.386. The van der Waals surface area contributed by atoms with Crippen LogP contribution in [0.15, 0.2) is 66.7 Å². The van der Waals surface area contributed by atoms with Crippen LogP contribution in [0.2, 0.25) is 0 Å². The largest absolute Gasteiger partial charge is 0.311 e. The molecule has 0 spiro atoms. The van der Waals surface area contributed by atoms with Crippen molar-refractivity contribution < 1.29 is 0 Å². The summed E-state index contributed by atoms with van der Waals surface area (Å²) >= 11 is 2.11. The zero-order valence-corrected chi connectivity index (χ0v) is 49.5. The lowest BCUT2D eigenvalue weighted by Crippen LogP contribution is -2.61. The Balaban J connectivity index is 1.25. The van der Waals surface area contributed by atoms with Gasteiger partial charge >= 0.3 is 0 Å². The van der Waals surface area contributed by atoms with E-state index in [0.717, 1.165) is 6.42 Å². The maximum absolute atomic E-state index is 2.82. The molecule has 3 heterocycles. The van der Waals surface area contributed by atoms with Crippen LogP contribution in [0.4, 0.5) is 34.1 Å². The first-order chi connectivity index (χ1) is 33.9. The van der Waals surface area contributed by atoms with Crippen LogP contribution in [0.5, 0.6) is 0 Å². The fourth-order valence-electron chi connectivity index (χ4n) is 15.3. The molecule has 0 bridgehead atoms. The summed E-state index contributed by atoms with van der Waals surface area (Å²) in [6.45, 7) is 47.5. The molecule has 0 unspecified atom stereocenters. The maximum Gasteiger partial charge on any atom is 0.264 e. The van der Waals surface area contributed by atoms with E-state index >= 15 is 0 Å². The Bertz CT molecular complexity index is 3340. The van der Waals surface area contributed by atoms with E-state index in [9.17, 15) is 0 Å². The van der Waals surface area contributed by atoms with E-state index in [-0.39, 0.29) is 50.0 Å². The van der Waals surface area contributed by atoms with Gasteiger partial charge in [-0.05, 0) is 229 Å². The second kappa shape index (κ2) is 15.4. The fourth-order valence-corrected chi connectivity index (χ4v) is 16.7. The maximum atomic E-state index is 2.82. The van der Waals surface area contributed by atoms with Crippen LogP contribution >= 0.6 is 11.3 Å². The third-order valence-electron chi connectivity index (χ3n) is 21.3. The Morgan fingerprint density at radius 3 is 1.41 bits per heavy atom. The van der Waals surface area contributed by atoms with Crippen molar-refractivity contribution in [3.8, 4) is 0 Å². The summed E-state index contributed by atoms with van der Waals surface area (Å²) < 4.78 is 2.95. The molecule has 2 aliphatic heterocycles. The van der Waals surface area contributed by atoms with E-state index in [4.69, 9.17) is 0 Å². The number of rotatable bonds is 4. The summed E-state index contributed by atoms with van der Waals surface area (Å²) in [7, 11) is 0. The summed E-state index contributed by atoms with van der Waals surface area (Å²) in [5.41, 5.74) is 27.1. The van der Waals surface area contributed by atoms with Gasteiger partial charge in [-0.2, -0.15) is 0 Å². The Hall–Kier alpha value is -4.28. The average Bonchev–Trinajstić information content (AvgIpc) is 3.69. The molecule has 1 aromatic heterocycles. The SMILES string of the molecule is CC[C@H](C)c1cc2c3c(c1)N(c1ccc4c(c1)C(C)(C)CCC4(C)C)c1c(sc4cc5c(cc14)C(C)(C)CCC5(C)C)B3c1cc3c(cc1N2c1cc2c(cc1C)C(C)(C)CCC2(C)C)C(C)(C)CCC3(C)C. The molecule has 5 aromatic carbocycles. The highest BCUT2D eigenvalue weighted by Crippen LogP contribution is 2.57. The minimum Gasteiger partial charge on any atom is -0.311 e. The molecular formula is C69H87BN2S. The molecule has 0 saturated heterocycles. The molecule has 0 fully saturated rings. The van der Waals surface area contributed by atoms with Crippen molar-refractivity contribution in [1.29, 1.82) is 0 Å². The first-order valence-electron chi connectivity index (χ1n) is 28.8. The van der Waals surface area contributed by atoms with Crippen molar-refractivity contribution in [2.75, 3.05) is 9.80 Å². The van der Waals surface area contributed by atoms with E-state index in [2.05, 4.69) is 219 Å². The number of anilines is 6. The third kappa shape index (κ3) is 7.12. The van der Waals surface area contributed by atoms with Gasteiger partial charge in [-0.3, -0.25) is 0 Å². The van der Waals surface area contributed by atoms with Crippen molar-refractivity contribution in [3.05, 3.63) is 122 Å². The normalized spacial score (nSPS) is 22.8. The van der Waals surface area contributed by atoms with Crippen molar-refractivity contribution in [2.45, 2.75) is 239 Å². The number of hydrogen-bond acceptors (Lipinski definition) is 3. The second-order valence-corrected chi connectivity index (χ2v) is 31.1. The molecule has 2 nitrogen and oxygen atoms in total. The van der Waals surface area contributed by atoms with Crippen LogP contribution in [0.25, 0.3) is 10.1 Å². The molecule has 12 rings (SSSR count). The van der Waals surface area contributed by atoms with Gasteiger partial charge in [0.15, 0.2) is 0 Å². The molecule has 0 amide bonds. The number of benzene rings is 5. The molecule has 73 heavy (non-hydrogen) atoms. The Kier molecular flexibility index (Phi) is 10.5. The predicted molar refractivity (Wildman–Crippen MR) is 320 cm³/mol. The lowest BCUT2D eigenvalue weighted by molar-refractivity contribution is 0.331. The van der Waals surface area contributed by atoms with Crippen LogP contribution in [0, 0.1) is 6.92 Å². The molecule has 382 valence electrons. The van der Waals surface area contributed by atoms with E-state index in [1.807, 2.05) is 0 Å². The van der Waals surface area contributed by atoms with Crippen molar-refractivity contribution in [3.63, 3.8) is 0 Å². The predicted octanol–water partition coefficient (Wildman–Crippen LogP) is 18.2. The Morgan fingerprint density at radius 1 is 0.466 bits per heavy atom. The van der Waals surface area contributed by atoms with Gasteiger partial charge in [-0.15, -0.1) is 11.3 Å². The Morgan fingerprint density at radius 2 is 0.890 bits per heavy atom. The number of fused-ring (bicyclic) bond motifs is 10. The van der Waals surface area contributed by atoms with Crippen LogP contribution in [0.3, 0.4) is 0 Å². The first-order valence-corrected chi connectivity index (χ1v) is 29.6. The standard InChI is InChI=1S/C69H87BN2S/c1-20-40(2)42-32-56-59-57(33-42)72(54-37-50-46(31-41(54)3)63(6,7)25-28-67(50,14)15)55-38-51-49(66(12,13)27-29-68(51,16)17)36-53(55)70(59)61-60(44-35-48-52(39-58(44)73-61)69(18,19)30-26-65(48,10)11)71(56)43-21-22-45-47(34-43)64(8,9)24-23-62(45,4)5/h21-22,31-40H,20,23-30H2,1-19H3/t40-/m0/s1. The van der Waals surface area contributed by atoms with Gasteiger partial charge in [0, 0.05) is 43.3 Å². The Labute approximate surface area is 446 Å². The lowest BCUT2D eigenvalue weighted by Gasteiger charge is -2.48. The monoisotopic (exact) mass is 987 g/mol. The van der Waals surface area contributed by atoms with Crippen LogP contribution in [-0.4, -0.2) is 6.71 Å². The first kappa shape index (κ1) is 49.6. The molecule has 0 radical (unpaired) electrons. The van der Waals surface area contributed by atoms with Crippen LogP contribution < -0.4 is 25.5 Å². The molecule has 4 heteroatoms. The molecule has 0 saturated carbocycles. The molecule has 6 aliphatic rings. The average molecular weight is 987 g/mol. The van der Waals surface area contributed by atoms with Gasteiger partial charge in [0.2, 0.25) is 0 Å². The zero-order chi connectivity index (χ0) is 52.3. The minimum absolute atomic E-state index is 0.0616. The van der Waals surface area contributed by atoms with Crippen LogP contribution in [-0.2, 0) is 43.3 Å². The van der Waals surface area contributed by atoms with E-state index in [1.54, 1.807) is 16.7 Å².